The third-order valence-electron chi connectivity index (χ3n) is 2.48. The quantitative estimate of drug-likeness (QED) is 0.890. The number of nitrogens with zero attached hydrogens (tertiary/aromatic N) is 1. The lowest BCUT2D eigenvalue weighted by molar-refractivity contribution is 0.233. The van der Waals surface area contributed by atoms with Gasteiger partial charge in [0.05, 0.1) is 3.79 Å². The first-order valence-corrected chi connectivity index (χ1v) is 6.54. The lowest BCUT2D eigenvalue weighted by atomic mass is 10.2. The minimum atomic E-state index is 1.09. The summed E-state index contributed by atoms with van der Waals surface area (Å²) in [7, 11) is 0. The summed E-state index contributed by atoms with van der Waals surface area (Å²) < 4.78 is 1.30. The second-order valence-electron chi connectivity index (χ2n) is 3.68. The van der Waals surface area contributed by atoms with Gasteiger partial charge < -0.3 is 5.32 Å². The van der Waals surface area contributed by atoms with Crippen LogP contribution < -0.4 is 5.32 Å². The number of rotatable bonds is 2. The molecule has 1 N–H and O–H groups in total. The Hall–Kier alpha value is 0.100. The molecule has 78 valence electrons. The van der Waals surface area contributed by atoms with Crippen molar-refractivity contribution in [1.29, 1.82) is 0 Å². The van der Waals surface area contributed by atoms with Crippen LogP contribution in [0.1, 0.15) is 10.4 Å². The van der Waals surface area contributed by atoms with Crippen LogP contribution in [0.5, 0.6) is 0 Å². The second-order valence-corrected chi connectivity index (χ2v) is 6.26. The highest BCUT2D eigenvalue weighted by Gasteiger charge is 2.12. The van der Waals surface area contributed by atoms with Gasteiger partial charge in [0.15, 0.2) is 0 Å². The standard InChI is InChI=1S/C10H15BrN2S/c1-8-6-9(10(11)14-8)7-13-4-2-12-3-5-13/h6,12H,2-5,7H2,1H3. The van der Waals surface area contributed by atoms with E-state index in [2.05, 4.69) is 39.1 Å². The maximum absolute atomic E-state index is 3.62. The molecule has 2 rings (SSSR count). The Balaban J connectivity index is 1.98. The highest BCUT2D eigenvalue weighted by atomic mass is 79.9. The number of halogens is 1. The Morgan fingerprint density at radius 2 is 2.21 bits per heavy atom. The molecule has 0 bridgehead atoms. The highest BCUT2D eigenvalue weighted by Crippen LogP contribution is 2.28. The fourth-order valence-electron chi connectivity index (χ4n) is 1.76. The Labute approximate surface area is 97.4 Å². The minimum absolute atomic E-state index is 1.09. The predicted molar refractivity (Wildman–Crippen MR) is 64.9 cm³/mol. The fraction of sp³-hybridized carbons (Fsp3) is 0.600. The fourth-order valence-corrected chi connectivity index (χ4v) is 3.50. The molecule has 4 heteroatoms. The first kappa shape index (κ1) is 10.6. The van der Waals surface area contributed by atoms with E-state index < -0.39 is 0 Å². The number of hydrogen-bond donors (Lipinski definition) is 1. The van der Waals surface area contributed by atoms with E-state index in [1.54, 1.807) is 0 Å². The summed E-state index contributed by atoms with van der Waals surface area (Å²) in [6.07, 6.45) is 0. The van der Waals surface area contributed by atoms with Crippen molar-refractivity contribution in [3.63, 3.8) is 0 Å². The molecule has 2 nitrogen and oxygen atoms in total. The molecule has 0 saturated carbocycles. The van der Waals surface area contributed by atoms with Crippen LogP contribution >= 0.6 is 27.3 Å². The molecule has 0 spiro atoms. The average molecular weight is 275 g/mol. The van der Waals surface area contributed by atoms with E-state index in [-0.39, 0.29) is 0 Å². The molecule has 0 aromatic carbocycles. The Morgan fingerprint density at radius 3 is 2.79 bits per heavy atom. The molecule has 1 saturated heterocycles. The van der Waals surface area contributed by atoms with Gasteiger partial charge in [-0.3, -0.25) is 4.90 Å². The summed E-state index contributed by atoms with van der Waals surface area (Å²) in [5, 5.41) is 3.37. The van der Waals surface area contributed by atoms with Crippen LogP contribution in [0.2, 0.25) is 0 Å². The Kier molecular flexibility index (Phi) is 3.60. The number of piperazine rings is 1. The summed E-state index contributed by atoms with van der Waals surface area (Å²) >= 11 is 5.45. The van der Waals surface area contributed by atoms with E-state index in [0.29, 0.717) is 0 Å². The molecule has 2 heterocycles. The molecule has 1 aliphatic rings. The van der Waals surface area contributed by atoms with E-state index in [9.17, 15) is 0 Å². The van der Waals surface area contributed by atoms with Crippen molar-refractivity contribution in [2.24, 2.45) is 0 Å². The first-order chi connectivity index (χ1) is 6.75. The molecule has 1 aliphatic heterocycles. The number of aryl methyl sites for hydroxylation is 1. The van der Waals surface area contributed by atoms with Gasteiger partial charge in [0.1, 0.15) is 0 Å². The molecular formula is C10H15BrN2S. The van der Waals surface area contributed by atoms with Crippen molar-refractivity contribution in [1.82, 2.24) is 10.2 Å². The monoisotopic (exact) mass is 274 g/mol. The maximum Gasteiger partial charge on any atom is 0.0746 e. The number of thiophene rings is 1. The van der Waals surface area contributed by atoms with Crippen molar-refractivity contribution in [2.75, 3.05) is 26.2 Å². The average Bonchev–Trinajstić information content (AvgIpc) is 2.47. The predicted octanol–water partition coefficient (Wildman–Crippen LogP) is 2.22. The Morgan fingerprint density at radius 1 is 1.50 bits per heavy atom. The summed E-state index contributed by atoms with van der Waals surface area (Å²) in [6.45, 7) is 7.84. The van der Waals surface area contributed by atoms with Crippen LogP contribution in [0, 0.1) is 6.92 Å². The van der Waals surface area contributed by atoms with Gasteiger partial charge in [0.25, 0.3) is 0 Å². The maximum atomic E-state index is 3.62. The second kappa shape index (κ2) is 4.75. The first-order valence-electron chi connectivity index (χ1n) is 4.93. The summed E-state index contributed by atoms with van der Waals surface area (Å²) in [5.74, 6) is 0. The van der Waals surface area contributed by atoms with E-state index in [1.807, 2.05) is 11.3 Å². The van der Waals surface area contributed by atoms with Crippen molar-refractivity contribution in [3.8, 4) is 0 Å². The normalized spacial score (nSPS) is 18.7. The largest absolute Gasteiger partial charge is 0.314 e. The molecule has 0 amide bonds. The van der Waals surface area contributed by atoms with E-state index >= 15 is 0 Å². The van der Waals surface area contributed by atoms with Gasteiger partial charge >= 0.3 is 0 Å². The van der Waals surface area contributed by atoms with Crippen LogP contribution in [0.4, 0.5) is 0 Å². The van der Waals surface area contributed by atoms with Gasteiger partial charge in [-0.2, -0.15) is 0 Å². The molecule has 1 fully saturated rings. The molecule has 1 aromatic rings. The van der Waals surface area contributed by atoms with E-state index in [0.717, 1.165) is 19.6 Å². The van der Waals surface area contributed by atoms with Gasteiger partial charge in [-0.05, 0) is 34.5 Å². The van der Waals surface area contributed by atoms with E-state index in [4.69, 9.17) is 0 Å². The van der Waals surface area contributed by atoms with Crippen molar-refractivity contribution in [2.45, 2.75) is 13.5 Å². The van der Waals surface area contributed by atoms with Crippen LogP contribution in [0.3, 0.4) is 0 Å². The minimum Gasteiger partial charge on any atom is -0.314 e. The summed E-state index contributed by atoms with van der Waals surface area (Å²) in [6, 6.07) is 2.29. The van der Waals surface area contributed by atoms with Crippen LogP contribution in [0.15, 0.2) is 9.85 Å². The lowest BCUT2D eigenvalue weighted by Gasteiger charge is -2.26. The highest BCUT2D eigenvalue weighted by molar-refractivity contribution is 9.11. The van der Waals surface area contributed by atoms with Gasteiger partial charge in [0.2, 0.25) is 0 Å². The SMILES string of the molecule is Cc1cc(CN2CCNCC2)c(Br)s1. The van der Waals surface area contributed by atoms with Gasteiger partial charge in [0, 0.05) is 37.6 Å². The smallest absolute Gasteiger partial charge is 0.0746 e. The zero-order chi connectivity index (χ0) is 9.97. The number of nitrogens with one attached hydrogen (secondary N) is 1. The van der Waals surface area contributed by atoms with Crippen molar-refractivity contribution >= 4 is 27.3 Å². The third-order valence-corrected chi connectivity index (χ3v) is 4.36. The van der Waals surface area contributed by atoms with Gasteiger partial charge in [-0.25, -0.2) is 0 Å². The molecule has 1 aromatic heterocycles. The summed E-state index contributed by atoms with van der Waals surface area (Å²) in [5.41, 5.74) is 1.44. The van der Waals surface area contributed by atoms with Crippen LogP contribution in [0.25, 0.3) is 0 Å². The Bertz CT molecular complexity index is 305. The summed E-state index contributed by atoms with van der Waals surface area (Å²) in [4.78, 5) is 3.89. The zero-order valence-corrected chi connectivity index (χ0v) is 10.7. The molecule has 14 heavy (non-hydrogen) atoms. The van der Waals surface area contributed by atoms with Crippen molar-refractivity contribution < 1.29 is 0 Å². The van der Waals surface area contributed by atoms with Crippen LogP contribution in [-0.4, -0.2) is 31.1 Å². The van der Waals surface area contributed by atoms with Gasteiger partial charge in [-0.1, -0.05) is 0 Å². The molecule has 0 aliphatic carbocycles. The van der Waals surface area contributed by atoms with Crippen molar-refractivity contribution in [3.05, 3.63) is 20.3 Å². The van der Waals surface area contributed by atoms with E-state index in [1.165, 1.54) is 27.3 Å². The molecule has 0 atom stereocenters. The molecular weight excluding hydrogens is 260 g/mol. The zero-order valence-electron chi connectivity index (χ0n) is 8.35. The van der Waals surface area contributed by atoms with Gasteiger partial charge in [-0.15, -0.1) is 11.3 Å². The lowest BCUT2D eigenvalue weighted by Crippen LogP contribution is -2.42. The number of hydrogen-bond acceptors (Lipinski definition) is 3. The molecule has 0 radical (unpaired) electrons. The molecule has 0 unspecified atom stereocenters. The topological polar surface area (TPSA) is 15.3 Å². The third kappa shape index (κ3) is 2.57. The van der Waals surface area contributed by atoms with Crippen LogP contribution in [-0.2, 0) is 6.54 Å².